The van der Waals surface area contributed by atoms with Crippen LogP contribution >= 0.6 is 15.9 Å². The number of carbonyl (C=O) groups excluding carboxylic acids is 1. The molecule has 0 atom stereocenters. The maximum atomic E-state index is 11.2. The molecule has 0 aromatic heterocycles. The third-order valence-corrected chi connectivity index (χ3v) is 2.05. The number of halogens is 1. The summed E-state index contributed by atoms with van der Waals surface area (Å²) >= 11 is 3.23. The molecule has 16 heavy (non-hydrogen) atoms. The third kappa shape index (κ3) is 6.45. The van der Waals surface area contributed by atoms with Crippen molar-refractivity contribution in [1.82, 2.24) is 5.32 Å². The van der Waals surface area contributed by atoms with Crippen molar-refractivity contribution in [3.8, 4) is 0 Å². The molecule has 0 saturated carbocycles. The first-order chi connectivity index (χ1) is 7.72. The number of benzene rings is 1. The molecule has 0 radical (unpaired) electrons. The van der Waals surface area contributed by atoms with E-state index in [-0.39, 0.29) is 6.03 Å². The molecule has 0 aliphatic rings. The molecule has 2 amide bonds. The molecular weight excluding hydrogens is 268 g/mol. The highest BCUT2D eigenvalue weighted by Gasteiger charge is 1.99. The molecule has 1 aromatic rings. The van der Waals surface area contributed by atoms with Crippen molar-refractivity contribution in [3.63, 3.8) is 0 Å². The van der Waals surface area contributed by atoms with E-state index in [4.69, 9.17) is 0 Å². The molecule has 2 N–H and O–H groups in total. The van der Waals surface area contributed by atoms with Gasteiger partial charge in [0.1, 0.15) is 0 Å². The first-order valence-electron chi connectivity index (χ1n) is 5.40. The van der Waals surface area contributed by atoms with E-state index in [1.54, 1.807) is 0 Å². The predicted molar refractivity (Wildman–Crippen MR) is 73.3 cm³/mol. The fourth-order valence-corrected chi connectivity index (χ4v) is 1.26. The van der Waals surface area contributed by atoms with E-state index < -0.39 is 0 Å². The number of amides is 2. The Morgan fingerprint density at radius 3 is 2.62 bits per heavy atom. The SMILES string of the molecule is CC.Cc1cccc(NC(=O)NCCBr)c1. The lowest BCUT2D eigenvalue weighted by molar-refractivity contribution is 0.252. The summed E-state index contributed by atoms with van der Waals surface area (Å²) in [4.78, 5) is 11.2. The van der Waals surface area contributed by atoms with Gasteiger partial charge < -0.3 is 10.6 Å². The number of alkyl halides is 1. The second-order valence-corrected chi connectivity index (χ2v) is 3.73. The summed E-state index contributed by atoms with van der Waals surface area (Å²) in [5.74, 6) is 0. The van der Waals surface area contributed by atoms with Crippen LogP contribution in [0.2, 0.25) is 0 Å². The van der Waals surface area contributed by atoms with Crippen molar-refractivity contribution in [2.75, 3.05) is 17.2 Å². The second-order valence-electron chi connectivity index (χ2n) is 2.94. The van der Waals surface area contributed by atoms with Crippen LogP contribution in [0.3, 0.4) is 0 Å². The Balaban J connectivity index is 0.00000106. The number of hydrogen-bond donors (Lipinski definition) is 2. The van der Waals surface area contributed by atoms with Crippen LogP contribution in [0, 0.1) is 6.92 Å². The van der Waals surface area contributed by atoms with Crippen LogP contribution in [-0.2, 0) is 0 Å². The van der Waals surface area contributed by atoms with E-state index in [1.807, 2.05) is 45.0 Å². The summed E-state index contributed by atoms with van der Waals surface area (Å²) in [6, 6.07) is 7.51. The molecule has 1 rings (SSSR count). The van der Waals surface area contributed by atoms with Gasteiger partial charge >= 0.3 is 6.03 Å². The molecule has 1 aromatic carbocycles. The quantitative estimate of drug-likeness (QED) is 0.820. The Hall–Kier alpha value is -1.03. The largest absolute Gasteiger partial charge is 0.337 e. The van der Waals surface area contributed by atoms with Crippen LogP contribution in [-0.4, -0.2) is 17.9 Å². The topological polar surface area (TPSA) is 41.1 Å². The summed E-state index contributed by atoms with van der Waals surface area (Å²) in [5, 5.41) is 6.21. The van der Waals surface area contributed by atoms with Crippen molar-refractivity contribution < 1.29 is 4.79 Å². The van der Waals surface area contributed by atoms with Crippen LogP contribution < -0.4 is 10.6 Å². The van der Waals surface area contributed by atoms with Gasteiger partial charge in [-0.1, -0.05) is 41.9 Å². The smallest absolute Gasteiger partial charge is 0.319 e. The maximum Gasteiger partial charge on any atom is 0.319 e. The first kappa shape index (κ1) is 15.0. The van der Waals surface area contributed by atoms with Crippen molar-refractivity contribution in [2.45, 2.75) is 20.8 Å². The van der Waals surface area contributed by atoms with E-state index in [1.165, 1.54) is 0 Å². The Morgan fingerprint density at radius 1 is 1.38 bits per heavy atom. The lowest BCUT2D eigenvalue weighted by Gasteiger charge is -2.06. The lowest BCUT2D eigenvalue weighted by Crippen LogP contribution is -2.30. The predicted octanol–water partition coefficient (Wildman–Crippen LogP) is 3.54. The average Bonchev–Trinajstić information content (AvgIpc) is 2.29. The average molecular weight is 287 g/mol. The first-order valence-corrected chi connectivity index (χ1v) is 6.52. The van der Waals surface area contributed by atoms with Gasteiger partial charge in [-0.05, 0) is 24.6 Å². The molecule has 0 aliphatic carbocycles. The number of anilines is 1. The van der Waals surface area contributed by atoms with Crippen molar-refractivity contribution in [2.24, 2.45) is 0 Å². The minimum atomic E-state index is -0.171. The molecule has 0 heterocycles. The van der Waals surface area contributed by atoms with Gasteiger partial charge in [0.15, 0.2) is 0 Å². The lowest BCUT2D eigenvalue weighted by atomic mass is 10.2. The van der Waals surface area contributed by atoms with Crippen LogP contribution in [0.15, 0.2) is 24.3 Å². The Morgan fingerprint density at radius 2 is 2.06 bits per heavy atom. The maximum absolute atomic E-state index is 11.2. The molecule has 0 spiro atoms. The minimum Gasteiger partial charge on any atom is -0.337 e. The van der Waals surface area contributed by atoms with Gasteiger partial charge in [-0.2, -0.15) is 0 Å². The Bertz CT molecular complexity index is 316. The molecule has 0 saturated heterocycles. The van der Waals surface area contributed by atoms with Crippen molar-refractivity contribution in [1.29, 1.82) is 0 Å². The fourth-order valence-electron chi connectivity index (χ4n) is 1.06. The highest BCUT2D eigenvalue weighted by Crippen LogP contribution is 2.08. The summed E-state index contributed by atoms with van der Waals surface area (Å²) in [6.45, 7) is 6.61. The zero-order chi connectivity index (χ0) is 12.4. The molecule has 4 heteroatoms. The molecule has 0 fully saturated rings. The normalized spacial score (nSPS) is 8.75. The van der Waals surface area contributed by atoms with Crippen LogP contribution in [0.25, 0.3) is 0 Å². The van der Waals surface area contributed by atoms with E-state index >= 15 is 0 Å². The Kier molecular flexibility index (Phi) is 8.62. The van der Waals surface area contributed by atoms with Crippen molar-refractivity contribution >= 4 is 27.6 Å². The van der Waals surface area contributed by atoms with Crippen LogP contribution in [0.1, 0.15) is 19.4 Å². The third-order valence-electron chi connectivity index (χ3n) is 1.66. The molecule has 0 unspecified atom stereocenters. The van der Waals surface area contributed by atoms with Gasteiger partial charge in [0, 0.05) is 17.6 Å². The molecular formula is C12H19BrN2O. The monoisotopic (exact) mass is 286 g/mol. The minimum absolute atomic E-state index is 0.171. The molecule has 3 nitrogen and oxygen atoms in total. The zero-order valence-electron chi connectivity index (χ0n) is 10.0. The highest BCUT2D eigenvalue weighted by molar-refractivity contribution is 9.09. The summed E-state index contributed by atoms with van der Waals surface area (Å²) in [5.41, 5.74) is 1.94. The van der Waals surface area contributed by atoms with E-state index in [9.17, 15) is 4.79 Å². The summed E-state index contributed by atoms with van der Waals surface area (Å²) in [7, 11) is 0. The summed E-state index contributed by atoms with van der Waals surface area (Å²) < 4.78 is 0. The van der Waals surface area contributed by atoms with E-state index in [0.717, 1.165) is 16.6 Å². The Labute approximate surface area is 106 Å². The van der Waals surface area contributed by atoms with Crippen LogP contribution in [0.4, 0.5) is 10.5 Å². The number of hydrogen-bond acceptors (Lipinski definition) is 1. The number of carbonyl (C=O) groups is 1. The molecule has 0 bridgehead atoms. The van der Waals surface area contributed by atoms with E-state index in [0.29, 0.717) is 6.54 Å². The highest BCUT2D eigenvalue weighted by atomic mass is 79.9. The second kappa shape index (κ2) is 9.21. The van der Waals surface area contributed by atoms with Gasteiger partial charge in [-0.25, -0.2) is 4.79 Å². The number of rotatable bonds is 3. The zero-order valence-corrected chi connectivity index (χ0v) is 11.6. The van der Waals surface area contributed by atoms with Gasteiger partial charge in [0.05, 0.1) is 0 Å². The van der Waals surface area contributed by atoms with Gasteiger partial charge in [0.2, 0.25) is 0 Å². The standard InChI is InChI=1S/C10H13BrN2O.C2H6/c1-8-3-2-4-9(7-8)13-10(14)12-6-5-11;1-2/h2-4,7H,5-6H2,1H3,(H2,12,13,14);1-2H3. The van der Waals surface area contributed by atoms with Gasteiger partial charge in [0.25, 0.3) is 0 Å². The van der Waals surface area contributed by atoms with Crippen LogP contribution in [0.5, 0.6) is 0 Å². The van der Waals surface area contributed by atoms with Gasteiger partial charge in [-0.15, -0.1) is 0 Å². The van der Waals surface area contributed by atoms with E-state index in [2.05, 4.69) is 26.6 Å². The fraction of sp³-hybridized carbons (Fsp3) is 0.417. The summed E-state index contributed by atoms with van der Waals surface area (Å²) in [6.07, 6.45) is 0. The molecule has 90 valence electrons. The van der Waals surface area contributed by atoms with Gasteiger partial charge in [-0.3, -0.25) is 0 Å². The van der Waals surface area contributed by atoms with Crippen molar-refractivity contribution in [3.05, 3.63) is 29.8 Å². The number of aryl methyl sites for hydroxylation is 1. The number of urea groups is 1. The molecule has 0 aliphatic heterocycles. The number of nitrogens with one attached hydrogen (secondary N) is 2.